The molecule has 1 aliphatic carbocycles. The molecule has 0 amide bonds. The van der Waals surface area contributed by atoms with Gasteiger partial charge in [0.25, 0.3) is 0 Å². The van der Waals surface area contributed by atoms with Gasteiger partial charge in [-0.3, -0.25) is 9.97 Å². The Labute approximate surface area is 204 Å². The highest BCUT2D eigenvalue weighted by atomic mass is 19.4. The molecule has 190 valence electrons. The highest BCUT2D eigenvalue weighted by molar-refractivity contribution is 5.51. The quantitative estimate of drug-likeness (QED) is 0.554. The van der Waals surface area contributed by atoms with Crippen LogP contribution in [0.5, 0.6) is 0 Å². The van der Waals surface area contributed by atoms with Crippen LogP contribution in [0.4, 0.5) is 13.2 Å². The SMILES string of the molecule is CC(C)[C@@H]1O[C@@H](c2ccc(C(F)(F)F)cn2)c2c1nc1c(c2C2CCOCC2)[C@@H](O)CC(C)(C)C1. The van der Waals surface area contributed by atoms with Crippen molar-refractivity contribution in [1.29, 1.82) is 0 Å². The average Bonchev–Trinajstić information content (AvgIpc) is 3.16. The third kappa shape index (κ3) is 4.49. The van der Waals surface area contributed by atoms with E-state index in [1.807, 2.05) is 0 Å². The zero-order valence-corrected chi connectivity index (χ0v) is 20.7. The van der Waals surface area contributed by atoms with E-state index < -0.39 is 23.9 Å². The predicted molar refractivity (Wildman–Crippen MR) is 124 cm³/mol. The minimum atomic E-state index is -4.45. The van der Waals surface area contributed by atoms with Crippen molar-refractivity contribution in [2.75, 3.05) is 13.2 Å². The number of fused-ring (bicyclic) bond motifs is 2. The van der Waals surface area contributed by atoms with Gasteiger partial charge in [-0.05, 0) is 60.6 Å². The van der Waals surface area contributed by atoms with Crippen LogP contribution < -0.4 is 0 Å². The number of rotatable bonds is 3. The Morgan fingerprint density at radius 3 is 2.40 bits per heavy atom. The molecule has 5 rings (SSSR count). The molecule has 0 unspecified atom stereocenters. The average molecular weight is 491 g/mol. The maximum atomic E-state index is 13.2. The molecular formula is C27H33F3N2O3. The van der Waals surface area contributed by atoms with Gasteiger partial charge in [0.2, 0.25) is 0 Å². The normalized spacial score (nSPS) is 26.6. The molecule has 35 heavy (non-hydrogen) atoms. The van der Waals surface area contributed by atoms with E-state index >= 15 is 0 Å². The Bertz CT molecular complexity index is 1090. The Kier molecular flexibility index (Phi) is 6.21. The maximum Gasteiger partial charge on any atom is 0.417 e. The summed E-state index contributed by atoms with van der Waals surface area (Å²) < 4.78 is 51.7. The molecular weight excluding hydrogens is 457 g/mol. The Hall–Kier alpha value is -2.03. The number of alkyl halides is 3. The molecule has 1 saturated heterocycles. The van der Waals surface area contributed by atoms with Crippen LogP contribution in [0.3, 0.4) is 0 Å². The van der Waals surface area contributed by atoms with Gasteiger partial charge in [0, 0.05) is 36.2 Å². The summed E-state index contributed by atoms with van der Waals surface area (Å²) >= 11 is 0. The van der Waals surface area contributed by atoms with Crippen molar-refractivity contribution in [3.05, 3.63) is 57.7 Å². The molecule has 0 spiro atoms. The molecule has 0 radical (unpaired) electrons. The van der Waals surface area contributed by atoms with Crippen molar-refractivity contribution < 1.29 is 27.8 Å². The summed E-state index contributed by atoms with van der Waals surface area (Å²) in [5.41, 5.74) is 4.17. The summed E-state index contributed by atoms with van der Waals surface area (Å²) in [5.74, 6) is 0.277. The summed E-state index contributed by atoms with van der Waals surface area (Å²) in [6.45, 7) is 9.68. The summed E-state index contributed by atoms with van der Waals surface area (Å²) in [6.07, 6.45) is -2.13. The number of aromatic nitrogens is 2. The number of ether oxygens (including phenoxy) is 2. The van der Waals surface area contributed by atoms with E-state index in [1.165, 1.54) is 6.07 Å². The van der Waals surface area contributed by atoms with E-state index in [4.69, 9.17) is 14.5 Å². The Balaban J connectivity index is 1.71. The fourth-order valence-electron chi connectivity index (χ4n) is 5.98. The molecule has 0 bridgehead atoms. The number of nitrogens with zero attached hydrogens (tertiary/aromatic N) is 2. The van der Waals surface area contributed by atoms with E-state index in [-0.39, 0.29) is 23.4 Å². The van der Waals surface area contributed by atoms with Gasteiger partial charge in [-0.15, -0.1) is 0 Å². The lowest BCUT2D eigenvalue weighted by molar-refractivity contribution is -0.137. The third-order valence-electron chi connectivity index (χ3n) is 7.58. The van der Waals surface area contributed by atoms with Crippen LogP contribution in [0.25, 0.3) is 0 Å². The highest BCUT2D eigenvalue weighted by Gasteiger charge is 2.45. The van der Waals surface area contributed by atoms with E-state index in [9.17, 15) is 18.3 Å². The van der Waals surface area contributed by atoms with Gasteiger partial charge in [0.05, 0.1) is 23.1 Å². The molecule has 2 aliphatic heterocycles. The summed E-state index contributed by atoms with van der Waals surface area (Å²) in [7, 11) is 0. The van der Waals surface area contributed by atoms with Crippen molar-refractivity contribution in [3.63, 3.8) is 0 Å². The zero-order valence-electron chi connectivity index (χ0n) is 20.7. The molecule has 3 aliphatic rings. The standard InChI is InChI=1S/C27H33F3N2O3/c1-14(2)24-23-22(25(35-24)17-6-5-16(13-31-17)27(28,29)30)20(15-7-9-34-10-8-15)21-18(32-23)11-26(3,4)12-19(21)33/h5-6,13-15,19,24-25,33H,7-12H2,1-4H3/t19-,24-,25-/m0/s1. The maximum absolute atomic E-state index is 13.2. The second-order valence-corrected chi connectivity index (χ2v) is 11.3. The second-order valence-electron chi connectivity index (χ2n) is 11.3. The summed E-state index contributed by atoms with van der Waals surface area (Å²) in [5, 5.41) is 11.3. The van der Waals surface area contributed by atoms with Crippen LogP contribution in [-0.2, 0) is 22.1 Å². The smallest absolute Gasteiger partial charge is 0.388 e. The molecule has 5 nitrogen and oxygen atoms in total. The molecule has 1 N–H and O–H groups in total. The molecule has 2 aromatic rings. The van der Waals surface area contributed by atoms with Crippen LogP contribution in [0.15, 0.2) is 18.3 Å². The minimum absolute atomic E-state index is 0.0816. The second kappa shape index (κ2) is 8.82. The van der Waals surface area contributed by atoms with E-state index in [1.54, 1.807) is 0 Å². The first-order valence-corrected chi connectivity index (χ1v) is 12.5. The Morgan fingerprint density at radius 2 is 1.80 bits per heavy atom. The predicted octanol–water partition coefficient (Wildman–Crippen LogP) is 6.21. The summed E-state index contributed by atoms with van der Waals surface area (Å²) in [6, 6.07) is 2.47. The molecule has 1 fully saturated rings. The molecule has 2 aromatic heterocycles. The van der Waals surface area contributed by atoms with E-state index in [0.29, 0.717) is 25.3 Å². The first-order valence-electron chi connectivity index (χ1n) is 12.5. The Morgan fingerprint density at radius 1 is 1.09 bits per heavy atom. The van der Waals surface area contributed by atoms with Gasteiger partial charge in [-0.1, -0.05) is 27.7 Å². The van der Waals surface area contributed by atoms with Crippen LogP contribution in [0.2, 0.25) is 0 Å². The number of pyridine rings is 2. The monoisotopic (exact) mass is 490 g/mol. The van der Waals surface area contributed by atoms with Gasteiger partial charge < -0.3 is 14.6 Å². The van der Waals surface area contributed by atoms with Crippen LogP contribution >= 0.6 is 0 Å². The van der Waals surface area contributed by atoms with Gasteiger partial charge in [0.15, 0.2) is 0 Å². The lowest BCUT2D eigenvalue weighted by Crippen LogP contribution is -2.30. The third-order valence-corrected chi connectivity index (χ3v) is 7.58. The molecule has 0 aromatic carbocycles. The number of hydrogen-bond donors (Lipinski definition) is 1. The first-order chi connectivity index (χ1) is 16.5. The van der Waals surface area contributed by atoms with Crippen molar-refractivity contribution in [3.8, 4) is 0 Å². The molecule has 4 heterocycles. The molecule has 0 saturated carbocycles. The van der Waals surface area contributed by atoms with Gasteiger partial charge in [-0.2, -0.15) is 13.2 Å². The molecule has 3 atom stereocenters. The van der Waals surface area contributed by atoms with E-state index in [2.05, 4.69) is 32.7 Å². The van der Waals surface area contributed by atoms with Crippen molar-refractivity contribution in [2.24, 2.45) is 11.3 Å². The minimum Gasteiger partial charge on any atom is -0.388 e. The number of aliphatic hydroxyl groups excluding tert-OH is 1. The fraction of sp³-hybridized carbons (Fsp3) is 0.630. The lowest BCUT2D eigenvalue weighted by Gasteiger charge is -2.38. The van der Waals surface area contributed by atoms with E-state index in [0.717, 1.165) is 59.6 Å². The van der Waals surface area contributed by atoms with Crippen molar-refractivity contribution >= 4 is 0 Å². The van der Waals surface area contributed by atoms with Gasteiger partial charge in [-0.25, -0.2) is 0 Å². The van der Waals surface area contributed by atoms with Crippen LogP contribution in [0.1, 0.15) is 111 Å². The highest BCUT2D eigenvalue weighted by Crippen LogP contribution is 2.53. The van der Waals surface area contributed by atoms with Gasteiger partial charge in [0.1, 0.15) is 12.2 Å². The summed E-state index contributed by atoms with van der Waals surface area (Å²) in [4.78, 5) is 9.31. The first kappa shape index (κ1) is 24.7. The number of aliphatic hydroxyl groups is 1. The zero-order chi connectivity index (χ0) is 25.1. The fourth-order valence-corrected chi connectivity index (χ4v) is 5.98. The number of halogens is 3. The van der Waals surface area contributed by atoms with Crippen molar-refractivity contribution in [2.45, 2.75) is 83.8 Å². The largest absolute Gasteiger partial charge is 0.417 e. The number of hydrogen-bond acceptors (Lipinski definition) is 5. The topological polar surface area (TPSA) is 64.5 Å². The molecule has 8 heteroatoms. The van der Waals surface area contributed by atoms with Gasteiger partial charge >= 0.3 is 6.18 Å². The van der Waals surface area contributed by atoms with Crippen molar-refractivity contribution in [1.82, 2.24) is 9.97 Å². The lowest BCUT2D eigenvalue weighted by atomic mass is 9.70. The van der Waals surface area contributed by atoms with Crippen LogP contribution in [-0.4, -0.2) is 28.3 Å². The van der Waals surface area contributed by atoms with Crippen LogP contribution in [0, 0.1) is 11.3 Å².